The van der Waals surface area contributed by atoms with Gasteiger partial charge in [-0.25, -0.2) is 0 Å². The molecule has 128 valence electrons. The third-order valence-electron chi connectivity index (χ3n) is 3.27. The first-order valence-electron chi connectivity index (χ1n) is 5.71. The molecule has 0 aromatic heterocycles. The summed E-state index contributed by atoms with van der Waals surface area (Å²) in [5.74, 6) is -0.730. The molecular formula is C13H30O7Ti. The number of carbonyl (C=O) groups is 3. The van der Waals surface area contributed by atoms with Gasteiger partial charge in [0.05, 0.1) is 11.8 Å². The standard InChI is InChI=1S/C13H22O3.4H2O.Ti/c1-8(2)13(9(3)4,11(6)15)12(16)7-10(5)14;;;;;/h8-9H,7H2,1-6H3;4*1H2;. The van der Waals surface area contributed by atoms with Crippen molar-refractivity contribution in [2.24, 2.45) is 17.3 Å². The molecule has 0 heterocycles. The van der Waals surface area contributed by atoms with E-state index in [1.807, 2.05) is 27.7 Å². The number of carbonyl (C=O) groups excluding carboxylic acids is 3. The van der Waals surface area contributed by atoms with Crippen LogP contribution in [-0.4, -0.2) is 39.3 Å². The van der Waals surface area contributed by atoms with Crippen LogP contribution in [0.25, 0.3) is 0 Å². The zero-order valence-corrected chi connectivity index (χ0v) is 15.1. The molecule has 0 spiro atoms. The zero-order chi connectivity index (χ0) is 13.1. The monoisotopic (exact) mass is 346 g/mol. The van der Waals surface area contributed by atoms with Crippen LogP contribution >= 0.6 is 0 Å². The molecule has 7 nitrogen and oxygen atoms in total. The van der Waals surface area contributed by atoms with Gasteiger partial charge in [0.1, 0.15) is 11.6 Å². The molecule has 0 aliphatic rings. The van der Waals surface area contributed by atoms with Gasteiger partial charge in [0, 0.05) is 21.7 Å². The number of ketones is 3. The topological polar surface area (TPSA) is 177 Å². The first kappa shape index (κ1) is 37.1. The van der Waals surface area contributed by atoms with Crippen LogP contribution in [0.4, 0.5) is 0 Å². The third kappa shape index (κ3) is 7.94. The predicted molar refractivity (Wildman–Crippen MR) is 77.6 cm³/mol. The molecular weight excluding hydrogens is 316 g/mol. The molecule has 0 amide bonds. The molecule has 8 N–H and O–H groups in total. The van der Waals surface area contributed by atoms with E-state index < -0.39 is 5.41 Å². The molecule has 21 heavy (non-hydrogen) atoms. The molecule has 0 saturated carbocycles. The van der Waals surface area contributed by atoms with Crippen LogP contribution in [0.1, 0.15) is 48.0 Å². The van der Waals surface area contributed by atoms with E-state index in [0.29, 0.717) is 0 Å². The van der Waals surface area contributed by atoms with E-state index in [1.54, 1.807) is 0 Å². The maximum atomic E-state index is 12.2. The SMILES string of the molecule is CC(=O)CC(=O)C(C(C)=O)(C(C)C)C(C)C.O.O.O.O.[Ti]. The fraction of sp³-hybridized carbons (Fsp3) is 0.769. The number of hydrogen-bond acceptors (Lipinski definition) is 3. The molecule has 0 rings (SSSR count). The second kappa shape index (κ2) is 14.5. The summed E-state index contributed by atoms with van der Waals surface area (Å²) in [5, 5.41) is 0. The van der Waals surface area contributed by atoms with Crippen molar-refractivity contribution in [3.63, 3.8) is 0 Å². The van der Waals surface area contributed by atoms with Gasteiger partial charge in [-0.2, -0.15) is 0 Å². The molecule has 0 aliphatic carbocycles. The molecule has 0 aromatic carbocycles. The number of rotatable bonds is 6. The summed E-state index contributed by atoms with van der Waals surface area (Å²) in [6, 6.07) is 0. The molecule has 0 unspecified atom stereocenters. The Kier molecular flexibility index (Phi) is 25.6. The summed E-state index contributed by atoms with van der Waals surface area (Å²) in [4.78, 5) is 35.0. The summed E-state index contributed by atoms with van der Waals surface area (Å²) >= 11 is 0. The van der Waals surface area contributed by atoms with E-state index >= 15 is 0 Å². The van der Waals surface area contributed by atoms with Gasteiger partial charge < -0.3 is 21.9 Å². The maximum absolute atomic E-state index is 12.2. The smallest absolute Gasteiger partial charge is 0.154 e. The Bertz CT molecular complexity index is 306. The molecule has 0 aromatic rings. The Morgan fingerprint density at radius 2 is 1.10 bits per heavy atom. The van der Waals surface area contributed by atoms with Gasteiger partial charge in [0.25, 0.3) is 0 Å². The van der Waals surface area contributed by atoms with E-state index in [0.717, 1.165) is 0 Å². The van der Waals surface area contributed by atoms with Crippen LogP contribution in [0, 0.1) is 17.3 Å². The molecule has 0 aliphatic heterocycles. The van der Waals surface area contributed by atoms with Gasteiger partial charge in [0.15, 0.2) is 5.78 Å². The summed E-state index contributed by atoms with van der Waals surface area (Å²) in [6.07, 6.45) is -0.143. The Labute approximate surface area is 141 Å². The van der Waals surface area contributed by atoms with Crippen LogP contribution in [0.5, 0.6) is 0 Å². The normalized spacial score (nSPS) is 9.14. The largest absolute Gasteiger partial charge is 0.412 e. The Hall–Kier alpha value is -0.436. The molecule has 0 fully saturated rings. The van der Waals surface area contributed by atoms with E-state index in [1.165, 1.54) is 13.8 Å². The van der Waals surface area contributed by atoms with Crippen molar-refractivity contribution in [2.45, 2.75) is 48.0 Å². The van der Waals surface area contributed by atoms with Gasteiger partial charge in [-0.1, -0.05) is 27.7 Å². The Balaban J connectivity index is -0.000000112. The van der Waals surface area contributed by atoms with Gasteiger partial charge >= 0.3 is 0 Å². The summed E-state index contributed by atoms with van der Waals surface area (Å²) in [6.45, 7) is 10.3. The first-order chi connectivity index (χ1) is 7.17. The van der Waals surface area contributed by atoms with Crippen LogP contribution in [-0.2, 0) is 36.1 Å². The minimum Gasteiger partial charge on any atom is -0.412 e. The fourth-order valence-electron chi connectivity index (χ4n) is 2.69. The van der Waals surface area contributed by atoms with Crippen LogP contribution in [0.2, 0.25) is 0 Å². The molecule has 0 saturated heterocycles. The second-order valence-corrected chi connectivity index (χ2v) is 5.04. The van der Waals surface area contributed by atoms with E-state index in [-0.39, 0.29) is 79.2 Å². The fourth-order valence-corrected chi connectivity index (χ4v) is 2.69. The van der Waals surface area contributed by atoms with E-state index in [2.05, 4.69) is 0 Å². The predicted octanol–water partition coefficient (Wildman–Crippen LogP) is -0.879. The van der Waals surface area contributed by atoms with Crippen molar-refractivity contribution < 1.29 is 58.0 Å². The quantitative estimate of drug-likeness (QED) is 0.448. The van der Waals surface area contributed by atoms with Crippen LogP contribution in [0.15, 0.2) is 0 Å². The van der Waals surface area contributed by atoms with Crippen molar-refractivity contribution in [1.29, 1.82) is 0 Å². The van der Waals surface area contributed by atoms with Crippen molar-refractivity contribution >= 4 is 17.3 Å². The molecule has 8 heteroatoms. The van der Waals surface area contributed by atoms with Gasteiger partial charge in [-0.3, -0.25) is 14.4 Å². The van der Waals surface area contributed by atoms with E-state index in [9.17, 15) is 14.4 Å². The van der Waals surface area contributed by atoms with Gasteiger partial charge in [-0.05, 0) is 25.7 Å². The van der Waals surface area contributed by atoms with Crippen molar-refractivity contribution in [3.8, 4) is 0 Å². The Morgan fingerprint density at radius 1 is 0.810 bits per heavy atom. The van der Waals surface area contributed by atoms with Crippen molar-refractivity contribution in [1.82, 2.24) is 0 Å². The number of hydrogen-bond donors (Lipinski definition) is 0. The van der Waals surface area contributed by atoms with E-state index in [4.69, 9.17) is 0 Å². The summed E-state index contributed by atoms with van der Waals surface area (Å²) in [5.41, 5.74) is -1.01. The molecule has 0 atom stereocenters. The molecule has 0 bridgehead atoms. The zero-order valence-electron chi connectivity index (χ0n) is 13.6. The average Bonchev–Trinajstić information content (AvgIpc) is 1.99. The maximum Gasteiger partial charge on any atom is 0.154 e. The van der Waals surface area contributed by atoms with Crippen LogP contribution < -0.4 is 0 Å². The summed E-state index contributed by atoms with van der Waals surface area (Å²) in [7, 11) is 0. The number of Topliss-reactive ketones (excluding diaryl/α,β-unsaturated/α-hetero) is 3. The minimum atomic E-state index is -1.01. The first-order valence-corrected chi connectivity index (χ1v) is 5.71. The van der Waals surface area contributed by atoms with Gasteiger partial charge in [-0.15, -0.1) is 0 Å². The molecule has 0 radical (unpaired) electrons. The second-order valence-electron chi connectivity index (χ2n) is 5.04. The van der Waals surface area contributed by atoms with Crippen molar-refractivity contribution in [2.75, 3.05) is 0 Å². The third-order valence-corrected chi connectivity index (χ3v) is 3.27. The van der Waals surface area contributed by atoms with Gasteiger partial charge in [0.2, 0.25) is 0 Å². The Morgan fingerprint density at radius 3 is 1.24 bits per heavy atom. The summed E-state index contributed by atoms with van der Waals surface area (Å²) < 4.78 is 0. The average molecular weight is 346 g/mol. The van der Waals surface area contributed by atoms with Crippen molar-refractivity contribution in [3.05, 3.63) is 0 Å². The minimum absolute atomic E-state index is 0. The van der Waals surface area contributed by atoms with Crippen LogP contribution in [0.3, 0.4) is 0 Å².